The summed E-state index contributed by atoms with van der Waals surface area (Å²) in [6, 6.07) is 17.0. The second-order valence-corrected chi connectivity index (χ2v) is 5.11. The van der Waals surface area contributed by atoms with E-state index in [-0.39, 0.29) is 11.8 Å². The van der Waals surface area contributed by atoms with Gasteiger partial charge in [0.15, 0.2) is 0 Å². The third kappa shape index (κ3) is 2.87. The van der Waals surface area contributed by atoms with Gasteiger partial charge in [0.2, 0.25) is 5.91 Å². The first-order valence-electron chi connectivity index (χ1n) is 6.89. The number of fused-ring (bicyclic) bond motifs is 1. The van der Waals surface area contributed by atoms with E-state index >= 15 is 0 Å². The molecule has 1 heterocycles. The first-order valence-corrected chi connectivity index (χ1v) is 6.89. The van der Waals surface area contributed by atoms with Crippen LogP contribution in [0.2, 0.25) is 0 Å². The van der Waals surface area contributed by atoms with Gasteiger partial charge in [0.05, 0.1) is 11.6 Å². The summed E-state index contributed by atoms with van der Waals surface area (Å²) in [6.45, 7) is 0.792. The van der Waals surface area contributed by atoms with E-state index in [9.17, 15) is 4.79 Å². The molecule has 21 heavy (non-hydrogen) atoms. The van der Waals surface area contributed by atoms with Gasteiger partial charge in [-0.1, -0.05) is 18.2 Å². The Morgan fingerprint density at radius 1 is 1.24 bits per heavy atom. The van der Waals surface area contributed by atoms with Crippen LogP contribution in [-0.2, 0) is 4.79 Å². The predicted octanol–water partition coefficient (Wildman–Crippen LogP) is 3.10. The number of rotatable bonds is 3. The van der Waals surface area contributed by atoms with Gasteiger partial charge in [-0.25, -0.2) is 0 Å². The van der Waals surface area contributed by atoms with Crippen LogP contribution in [0.3, 0.4) is 0 Å². The van der Waals surface area contributed by atoms with Crippen molar-refractivity contribution in [1.29, 1.82) is 5.26 Å². The molecule has 0 saturated heterocycles. The maximum absolute atomic E-state index is 12.1. The lowest BCUT2D eigenvalue weighted by atomic mass is 9.97. The number of carbonyl (C=O) groups excluding carboxylic acids is 1. The summed E-state index contributed by atoms with van der Waals surface area (Å²) < 4.78 is 0. The number of hydrogen-bond donors (Lipinski definition) is 2. The van der Waals surface area contributed by atoms with Gasteiger partial charge in [0.1, 0.15) is 0 Å². The third-order valence-corrected chi connectivity index (χ3v) is 3.67. The van der Waals surface area contributed by atoms with Crippen LogP contribution in [0.15, 0.2) is 48.5 Å². The summed E-state index contributed by atoms with van der Waals surface area (Å²) in [5.74, 6) is 0.197. The molecule has 0 aromatic heterocycles. The Labute approximate surface area is 123 Å². The van der Waals surface area contributed by atoms with Crippen LogP contribution in [-0.4, -0.2) is 12.5 Å². The van der Waals surface area contributed by atoms with Crippen LogP contribution in [0.25, 0.3) is 0 Å². The summed E-state index contributed by atoms with van der Waals surface area (Å²) in [4.78, 5) is 12.1. The molecule has 0 spiro atoms. The van der Waals surface area contributed by atoms with Gasteiger partial charge in [-0.05, 0) is 35.9 Å². The highest BCUT2D eigenvalue weighted by atomic mass is 16.1. The minimum absolute atomic E-state index is 0.0109. The molecule has 3 rings (SSSR count). The average Bonchev–Trinajstić information content (AvgIpc) is 2.91. The normalized spacial score (nSPS) is 15.7. The van der Waals surface area contributed by atoms with E-state index in [1.165, 1.54) is 5.56 Å². The number of anilines is 2. The van der Waals surface area contributed by atoms with Gasteiger partial charge in [-0.2, -0.15) is 5.26 Å². The fourth-order valence-corrected chi connectivity index (χ4v) is 2.60. The van der Waals surface area contributed by atoms with Crippen LogP contribution < -0.4 is 10.6 Å². The van der Waals surface area contributed by atoms with Gasteiger partial charge in [0, 0.05) is 30.3 Å². The molecule has 2 aromatic rings. The zero-order valence-corrected chi connectivity index (χ0v) is 11.5. The summed E-state index contributed by atoms with van der Waals surface area (Å²) in [7, 11) is 0. The van der Waals surface area contributed by atoms with Crippen LogP contribution in [0, 0.1) is 11.3 Å². The van der Waals surface area contributed by atoms with E-state index in [1.54, 1.807) is 24.3 Å². The maximum atomic E-state index is 12.1. The fraction of sp³-hybridized carbons (Fsp3) is 0.176. The van der Waals surface area contributed by atoms with E-state index in [1.807, 2.05) is 18.2 Å². The molecular formula is C17H15N3O. The molecule has 0 saturated carbocycles. The Bertz CT molecular complexity index is 701. The molecule has 104 valence electrons. The number of amides is 1. The highest BCUT2D eigenvalue weighted by molar-refractivity contribution is 5.91. The smallest absolute Gasteiger partial charge is 0.225 e. The van der Waals surface area contributed by atoms with Crippen molar-refractivity contribution in [3.05, 3.63) is 59.7 Å². The van der Waals surface area contributed by atoms with Gasteiger partial charge in [-0.3, -0.25) is 4.79 Å². The Balaban J connectivity index is 1.63. The molecule has 2 aromatic carbocycles. The molecule has 1 aliphatic rings. The molecule has 1 atom stereocenters. The minimum Gasteiger partial charge on any atom is -0.384 e. The maximum Gasteiger partial charge on any atom is 0.225 e. The van der Waals surface area contributed by atoms with Crippen molar-refractivity contribution in [3.8, 4) is 6.07 Å². The monoisotopic (exact) mass is 277 g/mol. The minimum atomic E-state index is -0.0109. The Hall–Kier alpha value is -2.80. The first-order chi connectivity index (χ1) is 10.3. The lowest BCUT2D eigenvalue weighted by Crippen LogP contribution is -2.16. The fourth-order valence-electron chi connectivity index (χ4n) is 2.60. The van der Waals surface area contributed by atoms with E-state index < -0.39 is 0 Å². The number of hydrogen-bond acceptors (Lipinski definition) is 3. The van der Waals surface area contributed by atoms with Gasteiger partial charge in [0.25, 0.3) is 0 Å². The van der Waals surface area contributed by atoms with Crippen LogP contribution in [0.4, 0.5) is 11.4 Å². The van der Waals surface area contributed by atoms with Crippen molar-refractivity contribution in [3.63, 3.8) is 0 Å². The van der Waals surface area contributed by atoms with E-state index in [0.29, 0.717) is 12.0 Å². The summed E-state index contributed by atoms with van der Waals surface area (Å²) in [6.07, 6.45) is 0.448. The Kier molecular flexibility index (Phi) is 3.57. The molecule has 4 nitrogen and oxygen atoms in total. The summed E-state index contributed by atoms with van der Waals surface area (Å²) in [5.41, 5.74) is 3.63. The predicted molar refractivity (Wildman–Crippen MR) is 82.1 cm³/mol. The zero-order valence-electron chi connectivity index (χ0n) is 11.5. The topological polar surface area (TPSA) is 64.9 Å². The molecule has 2 N–H and O–H groups in total. The Morgan fingerprint density at radius 2 is 2.00 bits per heavy atom. The number of benzene rings is 2. The zero-order chi connectivity index (χ0) is 14.7. The molecular weight excluding hydrogens is 262 g/mol. The molecule has 1 aliphatic heterocycles. The average molecular weight is 277 g/mol. The highest BCUT2D eigenvalue weighted by Gasteiger charge is 2.23. The lowest BCUT2D eigenvalue weighted by Gasteiger charge is -2.10. The van der Waals surface area contributed by atoms with Crippen molar-refractivity contribution >= 4 is 17.3 Å². The largest absolute Gasteiger partial charge is 0.384 e. The first kappa shape index (κ1) is 13.2. The number of carbonyl (C=O) groups is 1. The molecule has 0 aliphatic carbocycles. The van der Waals surface area contributed by atoms with Crippen LogP contribution in [0.5, 0.6) is 0 Å². The van der Waals surface area contributed by atoms with Crippen molar-refractivity contribution in [2.45, 2.75) is 12.3 Å². The van der Waals surface area contributed by atoms with E-state index in [4.69, 9.17) is 5.26 Å². The number of nitrogens with zero attached hydrogens (tertiary/aromatic N) is 1. The van der Waals surface area contributed by atoms with Crippen molar-refractivity contribution in [2.75, 3.05) is 17.2 Å². The number of nitrogens with one attached hydrogen (secondary N) is 2. The van der Waals surface area contributed by atoms with Gasteiger partial charge >= 0.3 is 0 Å². The second kappa shape index (κ2) is 5.68. The molecule has 0 radical (unpaired) electrons. The number of nitriles is 1. The molecule has 4 heteroatoms. The van der Waals surface area contributed by atoms with E-state index in [2.05, 4.69) is 22.8 Å². The molecule has 0 bridgehead atoms. The van der Waals surface area contributed by atoms with Gasteiger partial charge in [-0.15, -0.1) is 0 Å². The summed E-state index contributed by atoms with van der Waals surface area (Å²) in [5, 5.41) is 14.9. The molecule has 0 fully saturated rings. The highest BCUT2D eigenvalue weighted by Crippen LogP contribution is 2.33. The van der Waals surface area contributed by atoms with Crippen molar-refractivity contribution < 1.29 is 4.79 Å². The van der Waals surface area contributed by atoms with Crippen LogP contribution >= 0.6 is 0 Å². The molecule has 1 unspecified atom stereocenters. The van der Waals surface area contributed by atoms with Crippen molar-refractivity contribution in [2.24, 2.45) is 0 Å². The lowest BCUT2D eigenvalue weighted by molar-refractivity contribution is -0.116. The third-order valence-electron chi connectivity index (χ3n) is 3.67. The quantitative estimate of drug-likeness (QED) is 0.906. The van der Waals surface area contributed by atoms with E-state index in [0.717, 1.165) is 17.9 Å². The second-order valence-electron chi connectivity index (χ2n) is 5.11. The Morgan fingerprint density at radius 3 is 2.76 bits per heavy atom. The summed E-state index contributed by atoms with van der Waals surface area (Å²) >= 11 is 0. The van der Waals surface area contributed by atoms with Gasteiger partial charge < -0.3 is 10.6 Å². The van der Waals surface area contributed by atoms with Crippen molar-refractivity contribution in [1.82, 2.24) is 0 Å². The SMILES string of the molecule is N#Cc1ccc(NC(=O)CC2CNc3ccccc32)cc1. The molecule has 1 amide bonds. The van der Waals surface area contributed by atoms with Crippen LogP contribution in [0.1, 0.15) is 23.5 Å². The number of para-hydroxylation sites is 1. The standard InChI is InChI=1S/C17H15N3O/c18-10-12-5-7-14(8-6-12)20-17(21)9-13-11-19-16-4-2-1-3-15(13)16/h1-8,13,19H,9,11H2,(H,20,21).